The summed E-state index contributed by atoms with van der Waals surface area (Å²) in [4.78, 5) is 0. The van der Waals surface area contributed by atoms with Gasteiger partial charge < -0.3 is 5.11 Å². The second-order valence-electron chi connectivity index (χ2n) is 3.26. The maximum atomic E-state index is 13.6. The molecule has 0 saturated carbocycles. The van der Waals surface area contributed by atoms with Crippen molar-refractivity contribution in [2.75, 3.05) is 0 Å². The molecule has 0 amide bonds. The lowest BCUT2D eigenvalue weighted by Crippen LogP contribution is -1.86. The number of phenols is 1. The van der Waals surface area contributed by atoms with Crippen LogP contribution in [0.4, 0.5) is 4.39 Å². The van der Waals surface area contributed by atoms with Crippen molar-refractivity contribution in [1.82, 2.24) is 0 Å². The zero-order chi connectivity index (χ0) is 11.7. The van der Waals surface area contributed by atoms with Gasteiger partial charge in [-0.3, -0.25) is 0 Å². The van der Waals surface area contributed by atoms with Crippen LogP contribution in [0.5, 0.6) is 5.75 Å². The molecule has 0 aliphatic carbocycles. The van der Waals surface area contributed by atoms with Crippen LogP contribution >= 0.6 is 34.2 Å². The third-order valence-electron chi connectivity index (χ3n) is 2.21. The van der Waals surface area contributed by atoms with Crippen LogP contribution in [-0.4, -0.2) is 5.11 Å². The van der Waals surface area contributed by atoms with E-state index in [9.17, 15) is 9.50 Å². The zero-order valence-electron chi connectivity index (χ0n) is 8.05. The van der Waals surface area contributed by atoms with Gasteiger partial charge >= 0.3 is 0 Å². The Morgan fingerprint density at radius 1 is 1.12 bits per heavy atom. The molecule has 2 aromatic rings. The number of aromatic hydroxyl groups is 1. The average molecular weight is 349 g/mol. The summed E-state index contributed by atoms with van der Waals surface area (Å²) < 4.78 is 14.3. The van der Waals surface area contributed by atoms with E-state index in [1.54, 1.807) is 30.3 Å². The Morgan fingerprint density at radius 2 is 1.88 bits per heavy atom. The number of hydrogen-bond donors (Lipinski definition) is 1. The quantitative estimate of drug-likeness (QED) is 0.755. The Balaban J connectivity index is 2.63. The van der Waals surface area contributed by atoms with Crippen LogP contribution in [0.1, 0.15) is 0 Å². The van der Waals surface area contributed by atoms with E-state index in [1.165, 1.54) is 6.07 Å². The lowest BCUT2D eigenvalue weighted by atomic mass is 10.0. The standard InChI is InChI=1S/C12H7ClFIO/c13-7-4-5-8(10(14)6-7)9-2-1-3-11(15)12(9)16/h1-6,16H. The van der Waals surface area contributed by atoms with E-state index in [2.05, 4.69) is 0 Å². The van der Waals surface area contributed by atoms with Crippen LogP contribution in [0.25, 0.3) is 11.1 Å². The van der Waals surface area contributed by atoms with Crippen molar-refractivity contribution in [3.05, 3.63) is 50.8 Å². The van der Waals surface area contributed by atoms with Crippen molar-refractivity contribution < 1.29 is 9.50 Å². The molecule has 4 heteroatoms. The molecule has 0 fully saturated rings. The van der Waals surface area contributed by atoms with E-state index in [0.717, 1.165) is 0 Å². The van der Waals surface area contributed by atoms with E-state index in [0.29, 0.717) is 19.7 Å². The molecule has 1 nitrogen and oxygen atoms in total. The largest absolute Gasteiger partial charge is 0.506 e. The molecule has 0 atom stereocenters. The highest BCUT2D eigenvalue weighted by Crippen LogP contribution is 2.34. The Bertz CT molecular complexity index is 543. The molecule has 0 radical (unpaired) electrons. The average Bonchev–Trinajstić information content (AvgIpc) is 2.23. The molecule has 0 aromatic heterocycles. The fourth-order valence-corrected chi connectivity index (χ4v) is 2.10. The summed E-state index contributed by atoms with van der Waals surface area (Å²) in [7, 11) is 0. The maximum absolute atomic E-state index is 13.6. The molecule has 0 aliphatic heterocycles. The number of hydrogen-bond acceptors (Lipinski definition) is 1. The molecular weight excluding hydrogens is 341 g/mol. The van der Waals surface area contributed by atoms with Gasteiger partial charge in [0.25, 0.3) is 0 Å². The summed E-state index contributed by atoms with van der Waals surface area (Å²) in [6.07, 6.45) is 0. The fraction of sp³-hybridized carbons (Fsp3) is 0. The normalized spacial score (nSPS) is 10.4. The second kappa shape index (κ2) is 4.59. The molecule has 1 N–H and O–H groups in total. The summed E-state index contributed by atoms with van der Waals surface area (Å²) in [5, 5.41) is 10.2. The van der Waals surface area contributed by atoms with Crippen LogP contribution in [0, 0.1) is 9.39 Å². The van der Waals surface area contributed by atoms with Gasteiger partial charge in [0.1, 0.15) is 11.6 Å². The van der Waals surface area contributed by atoms with Crippen molar-refractivity contribution in [2.45, 2.75) is 0 Å². The third kappa shape index (κ3) is 2.15. The Kier molecular flexibility index (Phi) is 3.35. The monoisotopic (exact) mass is 348 g/mol. The van der Waals surface area contributed by atoms with Gasteiger partial charge in [-0.05, 0) is 46.9 Å². The van der Waals surface area contributed by atoms with Crippen LogP contribution in [0.2, 0.25) is 5.02 Å². The van der Waals surface area contributed by atoms with E-state index in [-0.39, 0.29) is 5.75 Å². The number of benzene rings is 2. The molecule has 0 spiro atoms. The van der Waals surface area contributed by atoms with Gasteiger partial charge in [0.15, 0.2) is 0 Å². The Hall–Kier alpha value is -0.810. The molecule has 0 bridgehead atoms. The summed E-state index contributed by atoms with van der Waals surface area (Å²) in [5.41, 5.74) is 0.821. The number of para-hydroxylation sites is 1. The van der Waals surface area contributed by atoms with E-state index >= 15 is 0 Å². The zero-order valence-corrected chi connectivity index (χ0v) is 11.0. The first kappa shape index (κ1) is 11.7. The first-order valence-electron chi connectivity index (χ1n) is 4.52. The van der Waals surface area contributed by atoms with Gasteiger partial charge in [0, 0.05) is 16.1 Å². The highest BCUT2D eigenvalue weighted by atomic mass is 127. The number of phenolic OH excluding ortho intramolecular Hbond substituents is 1. The molecule has 16 heavy (non-hydrogen) atoms. The summed E-state index contributed by atoms with van der Waals surface area (Å²) >= 11 is 7.67. The van der Waals surface area contributed by atoms with Gasteiger partial charge in [0.2, 0.25) is 0 Å². The lowest BCUT2D eigenvalue weighted by Gasteiger charge is -2.07. The van der Waals surface area contributed by atoms with Gasteiger partial charge in [-0.2, -0.15) is 0 Å². The van der Waals surface area contributed by atoms with Crippen molar-refractivity contribution in [3.8, 4) is 16.9 Å². The van der Waals surface area contributed by atoms with Crippen molar-refractivity contribution >= 4 is 34.2 Å². The van der Waals surface area contributed by atoms with Gasteiger partial charge in [-0.15, -0.1) is 0 Å². The van der Waals surface area contributed by atoms with Crippen molar-refractivity contribution in [3.63, 3.8) is 0 Å². The topological polar surface area (TPSA) is 20.2 Å². The van der Waals surface area contributed by atoms with E-state index in [4.69, 9.17) is 11.6 Å². The van der Waals surface area contributed by atoms with Crippen LogP contribution in [0.3, 0.4) is 0 Å². The number of halogens is 3. The minimum absolute atomic E-state index is 0.0873. The van der Waals surface area contributed by atoms with Crippen LogP contribution < -0.4 is 0 Å². The second-order valence-corrected chi connectivity index (χ2v) is 4.86. The third-order valence-corrected chi connectivity index (χ3v) is 3.31. The van der Waals surface area contributed by atoms with Crippen LogP contribution in [-0.2, 0) is 0 Å². The molecule has 0 aliphatic rings. The minimum Gasteiger partial charge on any atom is -0.506 e. The predicted molar refractivity (Wildman–Crippen MR) is 71.2 cm³/mol. The highest BCUT2D eigenvalue weighted by molar-refractivity contribution is 14.1. The molecule has 0 unspecified atom stereocenters. The summed E-state index contributed by atoms with van der Waals surface area (Å²) in [5.74, 6) is -0.353. The summed E-state index contributed by atoms with van der Waals surface area (Å²) in [6, 6.07) is 9.58. The predicted octanol–water partition coefficient (Wildman–Crippen LogP) is 4.46. The molecule has 0 saturated heterocycles. The number of rotatable bonds is 1. The van der Waals surface area contributed by atoms with Gasteiger partial charge in [-0.1, -0.05) is 23.7 Å². The molecule has 2 rings (SSSR count). The smallest absolute Gasteiger partial charge is 0.136 e. The van der Waals surface area contributed by atoms with Gasteiger partial charge in [-0.25, -0.2) is 4.39 Å². The Labute approximate surface area is 111 Å². The SMILES string of the molecule is Oc1c(I)cccc1-c1ccc(Cl)cc1F. The van der Waals surface area contributed by atoms with Crippen molar-refractivity contribution in [2.24, 2.45) is 0 Å². The molecule has 0 heterocycles. The first-order valence-corrected chi connectivity index (χ1v) is 5.98. The van der Waals surface area contributed by atoms with Crippen LogP contribution in [0.15, 0.2) is 36.4 Å². The lowest BCUT2D eigenvalue weighted by molar-refractivity contribution is 0.473. The summed E-state index contributed by atoms with van der Waals surface area (Å²) in [6.45, 7) is 0. The highest BCUT2D eigenvalue weighted by Gasteiger charge is 2.11. The maximum Gasteiger partial charge on any atom is 0.136 e. The first-order chi connectivity index (χ1) is 7.59. The van der Waals surface area contributed by atoms with E-state index < -0.39 is 5.82 Å². The molecule has 82 valence electrons. The minimum atomic E-state index is -0.440. The van der Waals surface area contributed by atoms with Gasteiger partial charge in [0.05, 0.1) is 3.57 Å². The van der Waals surface area contributed by atoms with E-state index in [1.807, 2.05) is 22.6 Å². The molecule has 2 aromatic carbocycles. The Morgan fingerprint density at radius 3 is 2.56 bits per heavy atom. The molecular formula is C12H7ClFIO. The van der Waals surface area contributed by atoms with Crippen molar-refractivity contribution in [1.29, 1.82) is 0 Å². The fourth-order valence-electron chi connectivity index (χ4n) is 1.44.